The molecule has 2 aromatic carbocycles. The van der Waals surface area contributed by atoms with E-state index < -0.39 is 10.0 Å². The van der Waals surface area contributed by atoms with Crippen molar-refractivity contribution in [2.24, 2.45) is 0 Å². The fraction of sp³-hybridized carbons (Fsp3) is 0.100. The number of amides is 1. The number of rotatable bonds is 7. The lowest BCUT2D eigenvalue weighted by Gasteiger charge is -2.10. The molecule has 0 unspecified atom stereocenters. The Hall–Kier alpha value is -3.39. The molecule has 0 aliphatic heterocycles. The van der Waals surface area contributed by atoms with E-state index in [0.29, 0.717) is 17.1 Å². The number of methoxy groups -OCH3 is 1. The highest BCUT2D eigenvalue weighted by Crippen LogP contribution is 2.17. The van der Waals surface area contributed by atoms with Crippen molar-refractivity contribution in [3.05, 3.63) is 84.1 Å². The summed E-state index contributed by atoms with van der Waals surface area (Å²) in [5, 5.41) is 2.79. The van der Waals surface area contributed by atoms with Gasteiger partial charge in [-0.25, -0.2) is 13.4 Å². The zero-order chi connectivity index (χ0) is 20.0. The van der Waals surface area contributed by atoms with Gasteiger partial charge in [-0.1, -0.05) is 24.3 Å². The zero-order valence-electron chi connectivity index (χ0n) is 15.1. The number of carbonyl (C=O) groups excluding carboxylic acids is 1. The van der Waals surface area contributed by atoms with Gasteiger partial charge in [0.2, 0.25) is 5.88 Å². The van der Waals surface area contributed by atoms with Gasteiger partial charge in [-0.2, -0.15) is 0 Å². The molecular weight excluding hydrogens is 378 g/mol. The zero-order valence-corrected chi connectivity index (χ0v) is 15.9. The van der Waals surface area contributed by atoms with Crippen LogP contribution in [0.15, 0.2) is 77.8 Å². The number of anilines is 1. The predicted octanol–water partition coefficient (Wildman–Crippen LogP) is 2.82. The summed E-state index contributed by atoms with van der Waals surface area (Å²) in [5.41, 5.74) is 1.53. The van der Waals surface area contributed by atoms with Gasteiger partial charge in [0.25, 0.3) is 15.9 Å². The number of ether oxygens (including phenoxy) is 1. The minimum Gasteiger partial charge on any atom is -0.481 e. The number of sulfonamides is 1. The smallest absolute Gasteiger partial charge is 0.261 e. The van der Waals surface area contributed by atoms with Crippen LogP contribution in [0.25, 0.3) is 0 Å². The highest BCUT2D eigenvalue weighted by atomic mass is 32.2. The molecule has 144 valence electrons. The number of carbonyl (C=O) groups is 1. The molecule has 28 heavy (non-hydrogen) atoms. The molecule has 3 aromatic rings. The highest BCUT2D eigenvalue weighted by Gasteiger charge is 2.14. The molecule has 8 heteroatoms. The number of hydrogen-bond donors (Lipinski definition) is 2. The molecule has 0 bridgehead atoms. The molecule has 1 amide bonds. The van der Waals surface area contributed by atoms with E-state index in [1.165, 1.54) is 19.2 Å². The van der Waals surface area contributed by atoms with Crippen molar-refractivity contribution in [2.45, 2.75) is 11.4 Å². The molecular formula is C20H19N3O4S. The van der Waals surface area contributed by atoms with Gasteiger partial charge >= 0.3 is 0 Å². The van der Waals surface area contributed by atoms with Crippen LogP contribution in [0.2, 0.25) is 0 Å². The monoisotopic (exact) mass is 397 g/mol. The minimum absolute atomic E-state index is 0.169. The maximum atomic E-state index is 12.3. The summed E-state index contributed by atoms with van der Waals surface area (Å²) in [6.07, 6.45) is 1.61. The van der Waals surface area contributed by atoms with Crippen molar-refractivity contribution in [3.63, 3.8) is 0 Å². The van der Waals surface area contributed by atoms with Crippen molar-refractivity contribution in [1.82, 2.24) is 10.3 Å². The summed E-state index contributed by atoms with van der Waals surface area (Å²) in [5.74, 6) is 0.164. The van der Waals surface area contributed by atoms with E-state index in [1.807, 2.05) is 6.07 Å². The Balaban J connectivity index is 1.64. The second-order valence-electron chi connectivity index (χ2n) is 5.85. The van der Waals surface area contributed by atoms with Crippen LogP contribution in [0, 0.1) is 0 Å². The molecule has 0 aliphatic rings. The summed E-state index contributed by atoms with van der Waals surface area (Å²) in [7, 11) is -2.16. The van der Waals surface area contributed by atoms with Gasteiger partial charge in [0, 0.05) is 29.6 Å². The van der Waals surface area contributed by atoms with Gasteiger partial charge in [0.1, 0.15) is 0 Å². The van der Waals surface area contributed by atoms with Crippen LogP contribution in [0.1, 0.15) is 15.9 Å². The minimum atomic E-state index is -3.67. The second kappa shape index (κ2) is 8.53. The molecule has 0 fully saturated rings. The van der Waals surface area contributed by atoms with Crippen molar-refractivity contribution < 1.29 is 17.9 Å². The van der Waals surface area contributed by atoms with Crippen LogP contribution in [-0.2, 0) is 16.6 Å². The number of nitrogens with zero attached hydrogens (tertiary/aromatic N) is 1. The molecule has 0 spiro atoms. The lowest BCUT2D eigenvalue weighted by atomic mass is 10.2. The van der Waals surface area contributed by atoms with Crippen molar-refractivity contribution in [1.29, 1.82) is 0 Å². The van der Waals surface area contributed by atoms with Crippen LogP contribution in [-0.4, -0.2) is 26.4 Å². The first-order chi connectivity index (χ1) is 13.5. The topological polar surface area (TPSA) is 97.4 Å². The van der Waals surface area contributed by atoms with Crippen molar-refractivity contribution in [2.75, 3.05) is 11.8 Å². The molecule has 0 radical (unpaired) electrons. The quantitative estimate of drug-likeness (QED) is 0.639. The Bertz CT molecular complexity index is 1050. The standard InChI is InChI=1S/C20H19N3O4S/c1-27-20-16(6-5-13-21-20)14-22-19(24)15-9-11-17(12-10-15)23-28(25,26)18-7-3-2-4-8-18/h2-13,23H,14H2,1H3,(H,22,24). The second-order valence-corrected chi connectivity index (χ2v) is 7.53. The van der Waals surface area contributed by atoms with Crippen LogP contribution in [0.4, 0.5) is 5.69 Å². The van der Waals surface area contributed by atoms with E-state index in [1.54, 1.807) is 54.7 Å². The summed E-state index contributed by atoms with van der Waals surface area (Å²) in [6.45, 7) is 0.262. The summed E-state index contributed by atoms with van der Waals surface area (Å²) < 4.78 is 32.3. The normalized spacial score (nSPS) is 10.9. The van der Waals surface area contributed by atoms with Gasteiger partial charge in [-0.15, -0.1) is 0 Å². The van der Waals surface area contributed by atoms with Crippen molar-refractivity contribution >= 4 is 21.6 Å². The molecule has 3 rings (SSSR count). The summed E-state index contributed by atoms with van der Waals surface area (Å²) >= 11 is 0. The molecule has 0 aliphatic carbocycles. The van der Waals surface area contributed by atoms with E-state index in [4.69, 9.17) is 4.74 Å². The SMILES string of the molecule is COc1ncccc1CNC(=O)c1ccc(NS(=O)(=O)c2ccccc2)cc1. The maximum Gasteiger partial charge on any atom is 0.261 e. The largest absolute Gasteiger partial charge is 0.481 e. The van der Waals surface area contributed by atoms with E-state index in [9.17, 15) is 13.2 Å². The fourth-order valence-corrected chi connectivity index (χ4v) is 3.60. The van der Waals surface area contributed by atoms with Gasteiger partial charge in [0.05, 0.1) is 12.0 Å². The average Bonchev–Trinajstić information content (AvgIpc) is 2.73. The molecule has 7 nitrogen and oxygen atoms in total. The highest BCUT2D eigenvalue weighted by molar-refractivity contribution is 7.92. The lowest BCUT2D eigenvalue weighted by molar-refractivity contribution is 0.0950. The van der Waals surface area contributed by atoms with E-state index in [-0.39, 0.29) is 17.3 Å². The van der Waals surface area contributed by atoms with Crippen LogP contribution >= 0.6 is 0 Å². The van der Waals surface area contributed by atoms with Gasteiger partial charge < -0.3 is 10.1 Å². The molecule has 0 saturated heterocycles. The third kappa shape index (κ3) is 4.66. The lowest BCUT2D eigenvalue weighted by Crippen LogP contribution is -2.23. The third-order valence-electron chi connectivity index (χ3n) is 3.94. The molecule has 2 N–H and O–H groups in total. The number of nitrogens with one attached hydrogen (secondary N) is 2. The van der Waals surface area contributed by atoms with Gasteiger partial charge in [-0.05, 0) is 42.5 Å². The number of benzene rings is 2. The third-order valence-corrected chi connectivity index (χ3v) is 5.33. The molecule has 1 aromatic heterocycles. The Morgan fingerprint density at radius 1 is 1.00 bits per heavy atom. The molecule has 0 atom stereocenters. The van der Waals surface area contributed by atoms with Crippen molar-refractivity contribution in [3.8, 4) is 5.88 Å². The Morgan fingerprint density at radius 2 is 1.71 bits per heavy atom. The molecule has 1 heterocycles. The fourth-order valence-electron chi connectivity index (χ4n) is 2.52. The number of hydrogen-bond acceptors (Lipinski definition) is 5. The Kier molecular flexibility index (Phi) is 5.90. The van der Waals surface area contributed by atoms with E-state index in [0.717, 1.165) is 5.56 Å². The predicted molar refractivity (Wildman–Crippen MR) is 106 cm³/mol. The summed E-state index contributed by atoms with van der Waals surface area (Å²) in [4.78, 5) is 16.6. The summed E-state index contributed by atoms with van der Waals surface area (Å²) in [6, 6.07) is 17.8. The Labute approximate surface area is 163 Å². The number of pyridine rings is 1. The molecule has 0 saturated carbocycles. The Morgan fingerprint density at radius 3 is 2.39 bits per heavy atom. The van der Waals surface area contributed by atoms with E-state index in [2.05, 4.69) is 15.0 Å². The van der Waals surface area contributed by atoms with Gasteiger partial charge in [-0.3, -0.25) is 9.52 Å². The van der Waals surface area contributed by atoms with Gasteiger partial charge in [0.15, 0.2) is 0 Å². The first-order valence-electron chi connectivity index (χ1n) is 8.43. The first-order valence-corrected chi connectivity index (χ1v) is 9.92. The average molecular weight is 397 g/mol. The van der Waals surface area contributed by atoms with E-state index >= 15 is 0 Å². The maximum absolute atomic E-state index is 12.3. The van der Waals surface area contributed by atoms with Crippen LogP contribution in [0.5, 0.6) is 5.88 Å². The first kappa shape index (κ1) is 19.4. The van der Waals surface area contributed by atoms with Crippen LogP contribution in [0.3, 0.4) is 0 Å². The van der Waals surface area contributed by atoms with Crippen LogP contribution < -0.4 is 14.8 Å². The number of aromatic nitrogens is 1.